The number of ether oxygens (including phenoxy) is 1. The molecule has 0 unspecified atom stereocenters. The quantitative estimate of drug-likeness (QED) is 0.934. The Hall–Kier alpha value is -2.44. The lowest BCUT2D eigenvalue weighted by Gasteiger charge is -2.15. The van der Waals surface area contributed by atoms with Crippen LogP contribution in [0.2, 0.25) is 0 Å². The van der Waals surface area contributed by atoms with E-state index in [-0.39, 0.29) is 17.8 Å². The van der Waals surface area contributed by atoms with Gasteiger partial charge in [0.25, 0.3) is 0 Å². The molecule has 0 atom stereocenters. The smallest absolute Gasteiger partial charge is 0.328 e. The van der Waals surface area contributed by atoms with Gasteiger partial charge in [-0.2, -0.15) is 15.0 Å². The predicted octanol–water partition coefficient (Wildman–Crippen LogP) is 2.29. The highest BCUT2D eigenvalue weighted by molar-refractivity contribution is 5.39. The van der Waals surface area contributed by atoms with Crippen molar-refractivity contribution in [2.75, 3.05) is 23.7 Å². The van der Waals surface area contributed by atoms with Gasteiger partial charge in [-0.15, -0.1) is 0 Å². The van der Waals surface area contributed by atoms with E-state index >= 15 is 0 Å². The Balaban J connectivity index is 1.87. The minimum absolute atomic E-state index is 0.113. The van der Waals surface area contributed by atoms with E-state index in [1.54, 1.807) is 13.0 Å². The Labute approximate surface area is 121 Å². The SMILES string of the molecule is Cc1cc(F)ccc1Oc1nc(N)nc(N2CCCC2)n1. The third kappa shape index (κ3) is 3.01. The van der Waals surface area contributed by atoms with Crippen molar-refractivity contribution < 1.29 is 9.13 Å². The number of benzene rings is 1. The molecule has 2 N–H and O–H groups in total. The summed E-state index contributed by atoms with van der Waals surface area (Å²) < 4.78 is 18.7. The lowest BCUT2D eigenvalue weighted by molar-refractivity contribution is 0.436. The minimum atomic E-state index is -0.312. The van der Waals surface area contributed by atoms with Gasteiger partial charge in [-0.05, 0) is 43.5 Å². The average Bonchev–Trinajstić information content (AvgIpc) is 2.95. The van der Waals surface area contributed by atoms with Gasteiger partial charge in [0.15, 0.2) is 0 Å². The van der Waals surface area contributed by atoms with Gasteiger partial charge in [0, 0.05) is 13.1 Å². The first-order valence-corrected chi connectivity index (χ1v) is 6.82. The molecule has 0 radical (unpaired) electrons. The fraction of sp³-hybridized carbons (Fsp3) is 0.357. The van der Waals surface area contributed by atoms with Crippen molar-refractivity contribution in [3.8, 4) is 11.8 Å². The van der Waals surface area contributed by atoms with Crippen LogP contribution in [0.15, 0.2) is 18.2 Å². The van der Waals surface area contributed by atoms with Crippen molar-refractivity contribution >= 4 is 11.9 Å². The Morgan fingerprint density at radius 2 is 1.95 bits per heavy atom. The summed E-state index contributed by atoms with van der Waals surface area (Å²) in [6.45, 7) is 3.56. The molecular weight excluding hydrogens is 273 g/mol. The molecule has 110 valence electrons. The molecule has 1 saturated heterocycles. The van der Waals surface area contributed by atoms with Crippen LogP contribution < -0.4 is 15.4 Å². The average molecular weight is 289 g/mol. The maximum absolute atomic E-state index is 13.1. The maximum atomic E-state index is 13.1. The summed E-state index contributed by atoms with van der Waals surface area (Å²) in [7, 11) is 0. The highest BCUT2D eigenvalue weighted by Gasteiger charge is 2.17. The molecule has 2 heterocycles. The number of hydrogen-bond acceptors (Lipinski definition) is 6. The topological polar surface area (TPSA) is 77.2 Å². The first-order valence-electron chi connectivity index (χ1n) is 6.82. The van der Waals surface area contributed by atoms with E-state index in [0.29, 0.717) is 17.3 Å². The van der Waals surface area contributed by atoms with Gasteiger partial charge in [-0.25, -0.2) is 4.39 Å². The standard InChI is InChI=1S/C14H16FN5O/c1-9-8-10(15)4-5-11(9)21-14-18-12(16)17-13(19-14)20-6-2-3-7-20/h4-5,8H,2-3,6-7H2,1H3,(H2,16,17,18,19). The minimum Gasteiger partial charge on any atom is -0.424 e. The Bertz CT molecular complexity index is 658. The fourth-order valence-electron chi connectivity index (χ4n) is 2.29. The van der Waals surface area contributed by atoms with Gasteiger partial charge in [-0.3, -0.25) is 0 Å². The number of nitrogens with zero attached hydrogens (tertiary/aromatic N) is 4. The molecule has 0 aliphatic carbocycles. The zero-order valence-corrected chi connectivity index (χ0v) is 11.7. The summed E-state index contributed by atoms with van der Waals surface area (Å²) >= 11 is 0. The Kier molecular flexibility index (Phi) is 3.55. The van der Waals surface area contributed by atoms with Crippen LogP contribution in [0.3, 0.4) is 0 Å². The number of hydrogen-bond donors (Lipinski definition) is 1. The largest absolute Gasteiger partial charge is 0.424 e. The van der Waals surface area contributed by atoms with Crippen molar-refractivity contribution in [1.82, 2.24) is 15.0 Å². The van der Waals surface area contributed by atoms with E-state index in [2.05, 4.69) is 15.0 Å². The van der Waals surface area contributed by atoms with Crippen molar-refractivity contribution in [2.24, 2.45) is 0 Å². The van der Waals surface area contributed by atoms with Crippen LogP contribution in [-0.4, -0.2) is 28.0 Å². The second kappa shape index (κ2) is 5.51. The highest BCUT2D eigenvalue weighted by Crippen LogP contribution is 2.25. The first-order chi connectivity index (χ1) is 10.1. The summed E-state index contributed by atoms with van der Waals surface area (Å²) in [6, 6.07) is 4.38. The van der Waals surface area contributed by atoms with Crippen molar-refractivity contribution in [1.29, 1.82) is 0 Å². The summed E-state index contributed by atoms with van der Waals surface area (Å²) in [6.07, 6.45) is 2.22. The molecular formula is C14H16FN5O. The van der Waals surface area contributed by atoms with E-state index in [4.69, 9.17) is 10.5 Å². The molecule has 1 aliphatic heterocycles. The summed E-state index contributed by atoms with van der Waals surface area (Å²) in [5.74, 6) is 0.818. The van der Waals surface area contributed by atoms with Crippen LogP contribution in [0, 0.1) is 12.7 Å². The normalized spacial score (nSPS) is 14.5. The highest BCUT2D eigenvalue weighted by atomic mass is 19.1. The van der Waals surface area contributed by atoms with Gasteiger partial charge < -0.3 is 15.4 Å². The first kappa shape index (κ1) is 13.5. The number of aryl methyl sites for hydroxylation is 1. The van der Waals surface area contributed by atoms with Crippen LogP contribution in [0.4, 0.5) is 16.3 Å². The number of rotatable bonds is 3. The van der Waals surface area contributed by atoms with Crippen LogP contribution in [0.25, 0.3) is 0 Å². The predicted molar refractivity (Wildman–Crippen MR) is 76.9 cm³/mol. The summed E-state index contributed by atoms with van der Waals surface area (Å²) in [4.78, 5) is 14.4. The van der Waals surface area contributed by atoms with Crippen LogP contribution in [-0.2, 0) is 0 Å². The van der Waals surface area contributed by atoms with E-state index in [1.165, 1.54) is 12.1 Å². The van der Waals surface area contributed by atoms with E-state index in [1.807, 2.05) is 4.90 Å². The molecule has 2 aromatic rings. The van der Waals surface area contributed by atoms with E-state index in [9.17, 15) is 4.39 Å². The molecule has 1 aromatic heterocycles. The van der Waals surface area contributed by atoms with Gasteiger partial charge in [0.05, 0.1) is 0 Å². The molecule has 1 aromatic carbocycles. The van der Waals surface area contributed by atoms with Gasteiger partial charge in [0.2, 0.25) is 11.9 Å². The molecule has 0 bridgehead atoms. The summed E-state index contributed by atoms with van der Waals surface area (Å²) in [5.41, 5.74) is 6.38. The number of aromatic nitrogens is 3. The maximum Gasteiger partial charge on any atom is 0.328 e. The summed E-state index contributed by atoms with van der Waals surface area (Å²) in [5, 5.41) is 0. The van der Waals surface area contributed by atoms with E-state index in [0.717, 1.165) is 25.9 Å². The molecule has 6 nitrogen and oxygen atoms in total. The number of halogens is 1. The lowest BCUT2D eigenvalue weighted by Crippen LogP contribution is -2.21. The van der Waals surface area contributed by atoms with Gasteiger partial charge in [0.1, 0.15) is 11.6 Å². The molecule has 1 fully saturated rings. The number of nitrogens with two attached hydrogens (primary N) is 1. The Morgan fingerprint density at radius 3 is 2.67 bits per heavy atom. The zero-order chi connectivity index (χ0) is 14.8. The molecule has 21 heavy (non-hydrogen) atoms. The molecule has 3 rings (SSSR count). The van der Waals surface area contributed by atoms with Crippen LogP contribution in [0.1, 0.15) is 18.4 Å². The van der Waals surface area contributed by atoms with Crippen LogP contribution in [0.5, 0.6) is 11.8 Å². The molecule has 1 aliphatic rings. The molecule has 0 amide bonds. The Morgan fingerprint density at radius 1 is 1.19 bits per heavy atom. The number of nitrogen functional groups attached to an aromatic ring is 1. The monoisotopic (exact) mass is 289 g/mol. The van der Waals surface area contributed by atoms with Crippen LogP contribution >= 0.6 is 0 Å². The number of anilines is 2. The second-order valence-electron chi connectivity index (χ2n) is 4.98. The van der Waals surface area contributed by atoms with E-state index < -0.39 is 0 Å². The fourth-order valence-corrected chi connectivity index (χ4v) is 2.29. The third-order valence-corrected chi connectivity index (χ3v) is 3.35. The van der Waals surface area contributed by atoms with Gasteiger partial charge >= 0.3 is 6.01 Å². The van der Waals surface area contributed by atoms with Crippen molar-refractivity contribution in [3.05, 3.63) is 29.6 Å². The molecule has 0 saturated carbocycles. The second-order valence-corrected chi connectivity index (χ2v) is 4.98. The van der Waals surface area contributed by atoms with Crippen molar-refractivity contribution in [3.63, 3.8) is 0 Å². The zero-order valence-electron chi connectivity index (χ0n) is 11.7. The van der Waals surface area contributed by atoms with Gasteiger partial charge in [-0.1, -0.05) is 0 Å². The van der Waals surface area contributed by atoms with Crippen molar-refractivity contribution in [2.45, 2.75) is 19.8 Å². The molecule has 7 heteroatoms. The lowest BCUT2D eigenvalue weighted by atomic mass is 10.2. The third-order valence-electron chi connectivity index (χ3n) is 3.35. The molecule has 0 spiro atoms.